The Hall–Kier alpha value is -0.700. The van der Waals surface area contributed by atoms with Crippen molar-refractivity contribution in [1.82, 2.24) is 0 Å². The molecule has 0 saturated heterocycles. The monoisotopic (exact) mass is 286 g/mol. The molecule has 0 fully saturated rings. The number of rotatable bonds is 7. The van der Waals surface area contributed by atoms with Gasteiger partial charge in [0.2, 0.25) is 0 Å². The maximum atomic E-state index is 5.69. The Labute approximate surface area is 106 Å². The molecule has 0 unspecified atom stereocenters. The molecular weight excluding hydrogens is 268 g/mol. The van der Waals surface area contributed by atoms with Gasteiger partial charge in [0.05, 0.1) is 13.2 Å². The summed E-state index contributed by atoms with van der Waals surface area (Å²) in [5.74, 6) is 1.81. The van der Waals surface area contributed by atoms with Gasteiger partial charge in [-0.05, 0) is 18.9 Å². The number of benzene rings is 1. The summed E-state index contributed by atoms with van der Waals surface area (Å²) >= 11 is 3.46. The van der Waals surface area contributed by atoms with Crippen LogP contribution >= 0.6 is 15.9 Å². The number of hydrogen-bond donors (Lipinski definition) is 0. The van der Waals surface area contributed by atoms with E-state index < -0.39 is 0 Å². The molecule has 0 heterocycles. The van der Waals surface area contributed by atoms with Crippen molar-refractivity contribution in [3.63, 3.8) is 0 Å². The van der Waals surface area contributed by atoms with Crippen molar-refractivity contribution in [2.75, 3.05) is 13.2 Å². The lowest BCUT2D eigenvalue weighted by Gasteiger charge is -2.12. The first kappa shape index (κ1) is 13.4. The van der Waals surface area contributed by atoms with Crippen LogP contribution in [0.3, 0.4) is 0 Å². The average Bonchev–Trinajstić information content (AvgIpc) is 2.33. The van der Waals surface area contributed by atoms with Crippen LogP contribution in [-0.4, -0.2) is 13.2 Å². The lowest BCUT2D eigenvalue weighted by Crippen LogP contribution is -2.00. The van der Waals surface area contributed by atoms with Crippen LogP contribution in [-0.2, 0) is 5.33 Å². The van der Waals surface area contributed by atoms with Gasteiger partial charge in [-0.1, -0.05) is 35.8 Å². The van der Waals surface area contributed by atoms with Crippen LogP contribution < -0.4 is 9.47 Å². The zero-order valence-electron chi connectivity index (χ0n) is 9.96. The Bertz CT molecular complexity index is 313. The standard InChI is InChI=1S/C13H19BrO2/c1-3-7-15-12-6-5-11(10-14)13(9-12)16-8-4-2/h5-6,9H,3-4,7-8,10H2,1-2H3. The molecule has 1 rings (SSSR count). The molecule has 0 radical (unpaired) electrons. The van der Waals surface area contributed by atoms with Crippen molar-refractivity contribution in [1.29, 1.82) is 0 Å². The molecule has 0 spiro atoms. The quantitative estimate of drug-likeness (QED) is 0.701. The normalized spacial score (nSPS) is 10.2. The average molecular weight is 287 g/mol. The van der Waals surface area contributed by atoms with Gasteiger partial charge < -0.3 is 9.47 Å². The highest BCUT2D eigenvalue weighted by atomic mass is 79.9. The van der Waals surface area contributed by atoms with E-state index in [0.717, 1.165) is 48.4 Å². The second-order valence-electron chi connectivity index (χ2n) is 3.60. The van der Waals surface area contributed by atoms with Crippen LogP contribution in [0.15, 0.2) is 18.2 Å². The predicted molar refractivity (Wildman–Crippen MR) is 70.6 cm³/mol. The Morgan fingerprint density at radius 3 is 2.38 bits per heavy atom. The fraction of sp³-hybridized carbons (Fsp3) is 0.538. The fourth-order valence-corrected chi connectivity index (χ4v) is 1.76. The predicted octanol–water partition coefficient (Wildman–Crippen LogP) is 4.16. The topological polar surface area (TPSA) is 18.5 Å². The second kappa shape index (κ2) is 7.55. The van der Waals surface area contributed by atoms with Crippen molar-refractivity contribution < 1.29 is 9.47 Å². The van der Waals surface area contributed by atoms with Gasteiger partial charge in [0, 0.05) is 17.0 Å². The van der Waals surface area contributed by atoms with E-state index in [-0.39, 0.29) is 0 Å². The van der Waals surface area contributed by atoms with E-state index in [4.69, 9.17) is 9.47 Å². The van der Waals surface area contributed by atoms with Gasteiger partial charge in [-0.3, -0.25) is 0 Å². The molecule has 0 bridgehead atoms. The molecule has 0 aliphatic heterocycles. The maximum Gasteiger partial charge on any atom is 0.127 e. The first-order valence-corrected chi connectivity index (χ1v) is 6.88. The molecule has 1 aromatic rings. The number of ether oxygens (including phenoxy) is 2. The minimum Gasteiger partial charge on any atom is -0.493 e. The van der Waals surface area contributed by atoms with Crippen LogP contribution in [0, 0.1) is 0 Å². The lowest BCUT2D eigenvalue weighted by atomic mass is 10.2. The molecule has 2 nitrogen and oxygen atoms in total. The van der Waals surface area contributed by atoms with Crippen LogP contribution in [0.1, 0.15) is 32.3 Å². The molecule has 0 aliphatic carbocycles. The van der Waals surface area contributed by atoms with Gasteiger partial charge >= 0.3 is 0 Å². The molecule has 0 N–H and O–H groups in total. The number of hydrogen-bond acceptors (Lipinski definition) is 2. The number of alkyl halides is 1. The summed E-state index contributed by atoms with van der Waals surface area (Å²) in [6.07, 6.45) is 2.03. The van der Waals surface area contributed by atoms with Gasteiger partial charge in [0.25, 0.3) is 0 Å². The summed E-state index contributed by atoms with van der Waals surface area (Å²) in [5, 5.41) is 0.806. The Kier molecular flexibility index (Phi) is 6.31. The third-order valence-corrected chi connectivity index (χ3v) is 2.72. The largest absolute Gasteiger partial charge is 0.493 e. The summed E-state index contributed by atoms with van der Waals surface area (Å²) in [5.41, 5.74) is 1.16. The van der Waals surface area contributed by atoms with Gasteiger partial charge in [0.1, 0.15) is 11.5 Å². The Morgan fingerprint density at radius 2 is 1.75 bits per heavy atom. The van der Waals surface area contributed by atoms with Crippen molar-refractivity contribution >= 4 is 15.9 Å². The van der Waals surface area contributed by atoms with Crippen LogP contribution in [0.5, 0.6) is 11.5 Å². The molecule has 0 aromatic heterocycles. The molecule has 1 aromatic carbocycles. The van der Waals surface area contributed by atoms with Gasteiger partial charge in [-0.15, -0.1) is 0 Å². The molecule has 3 heteroatoms. The third kappa shape index (κ3) is 4.05. The molecule has 0 saturated carbocycles. The maximum absolute atomic E-state index is 5.69. The second-order valence-corrected chi connectivity index (χ2v) is 4.16. The molecule has 16 heavy (non-hydrogen) atoms. The Morgan fingerprint density at radius 1 is 1.06 bits per heavy atom. The summed E-state index contributed by atoms with van der Waals surface area (Å²) in [4.78, 5) is 0. The van der Waals surface area contributed by atoms with Crippen molar-refractivity contribution in [3.05, 3.63) is 23.8 Å². The zero-order chi connectivity index (χ0) is 11.8. The van der Waals surface area contributed by atoms with E-state index in [1.165, 1.54) is 0 Å². The lowest BCUT2D eigenvalue weighted by molar-refractivity contribution is 0.300. The van der Waals surface area contributed by atoms with E-state index in [0.29, 0.717) is 0 Å². The number of halogens is 1. The highest BCUT2D eigenvalue weighted by molar-refractivity contribution is 9.08. The molecule has 0 aliphatic rings. The highest BCUT2D eigenvalue weighted by Crippen LogP contribution is 2.27. The first-order valence-electron chi connectivity index (χ1n) is 5.76. The van der Waals surface area contributed by atoms with Crippen LogP contribution in [0.2, 0.25) is 0 Å². The molecule has 0 atom stereocenters. The van der Waals surface area contributed by atoms with Crippen LogP contribution in [0.4, 0.5) is 0 Å². The minimum absolute atomic E-state index is 0.747. The zero-order valence-corrected chi connectivity index (χ0v) is 11.5. The smallest absolute Gasteiger partial charge is 0.127 e. The van der Waals surface area contributed by atoms with E-state index in [9.17, 15) is 0 Å². The molecular formula is C13H19BrO2. The first-order chi connectivity index (χ1) is 7.81. The van der Waals surface area contributed by atoms with Gasteiger partial charge in [0.15, 0.2) is 0 Å². The summed E-state index contributed by atoms with van der Waals surface area (Å²) < 4.78 is 11.3. The van der Waals surface area contributed by atoms with E-state index in [2.05, 4.69) is 29.8 Å². The van der Waals surface area contributed by atoms with E-state index in [1.807, 2.05) is 18.2 Å². The fourth-order valence-electron chi connectivity index (χ4n) is 1.30. The molecule has 90 valence electrons. The van der Waals surface area contributed by atoms with Crippen molar-refractivity contribution in [3.8, 4) is 11.5 Å². The van der Waals surface area contributed by atoms with Gasteiger partial charge in [-0.25, -0.2) is 0 Å². The highest BCUT2D eigenvalue weighted by Gasteiger charge is 2.04. The van der Waals surface area contributed by atoms with E-state index in [1.54, 1.807) is 0 Å². The summed E-state index contributed by atoms with van der Waals surface area (Å²) in [6, 6.07) is 6.01. The van der Waals surface area contributed by atoms with Gasteiger partial charge in [-0.2, -0.15) is 0 Å². The minimum atomic E-state index is 0.747. The van der Waals surface area contributed by atoms with E-state index >= 15 is 0 Å². The van der Waals surface area contributed by atoms with Crippen molar-refractivity contribution in [2.24, 2.45) is 0 Å². The summed E-state index contributed by atoms with van der Waals surface area (Å²) in [7, 11) is 0. The summed E-state index contributed by atoms with van der Waals surface area (Å²) in [6.45, 7) is 5.70. The van der Waals surface area contributed by atoms with Crippen molar-refractivity contribution in [2.45, 2.75) is 32.0 Å². The SMILES string of the molecule is CCCOc1ccc(CBr)c(OCCC)c1. The molecule has 0 amide bonds. The third-order valence-electron chi connectivity index (χ3n) is 2.12. The van der Waals surface area contributed by atoms with Crippen LogP contribution in [0.25, 0.3) is 0 Å². The Balaban J connectivity index is 2.74.